The standard InChI is InChI=1S/C46H83NO3/c1-9-10-11-12-13-14-15-16-30-48-34-39(47(7)8)35-49-31-17-18-32-50-40-26-28-45(5)38(33-40)22-23-41-43-25-24-42(37(4)21-19-20-36(2)3)46(43,6)29-27-44(41)45/h13-14,22,36-37,39-44H,9-12,15-21,23-35H2,1-8H3. The third-order valence-electron chi connectivity index (χ3n) is 14.4. The van der Waals surface area contributed by atoms with Crippen molar-refractivity contribution in [2.45, 2.75) is 176 Å². The molecular weight excluding hydrogens is 615 g/mol. The van der Waals surface area contributed by atoms with Crippen LogP contribution >= 0.6 is 0 Å². The molecule has 4 aliphatic rings. The predicted octanol–water partition coefficient (Wildman–Crippen LogP) is 12.1. The van der Waals surface area contributed by atoms with Crippen molar-refractivity contribution in [1.82, 2.24) is 4.90 Å². The van der Waals surface area contributed by atoms with E-state index >= 15 is 0 Å². The van der Waals surface area contributed by atoms with Gasteiger partial charge < -0.3 is 19.1 Å². The first-order valence-electron chi connectivity index (χ1n) is 21.9. The highest BCUT2D eigenvalue weighted by atomic mass is 16.5. The number of ether oxygens (including phenoxy) is 3. The van der Waals surface area contributed by atoms with E-state index in [0.29, 0.717) is 23.0 Å². The van der Waals surface area contributed by atoms with Crippen molar-refractivity contribution in [1.29, 1.82) is 0 Å². The molecule has 4 rings (SSSR count). The van der Waals surface area contributed by atoms with Crippen LogP contribution in [0.1, 0.15) is 164 Å². The number of hydrogen-bond donors (Lipinski definition) is 0. The Morgan fingerprint density at radius 2 is 1.52 bits per heavy atom. The number of nitrogens with zero attached hydrogens (tertiary/aromatic N) is 1. The normalized spacial score (nSPS) is 32.3. The van der Waals surface area contributed by atoms with Crippen LogP contribution in [0.5, 0.6) is 0 Å². The molecular formula is C46H83NO3. The van der Waals surface area contributed by atoms with Gasteiger partial charge in [0.2, 0.25) is 0 Å². The lowest BCUT2D eigenvalue weighted by molar-refractivity contribution is -0.0643. The van der Waals surface area contributed by atoms with Gasteiger partial charge in [0, 0.05) is 19.8 Å². The van der Waals surface area contributed by atoms with Crippen molar-refractivity contribution >= 4 is 0 Å². The molecule has 0 saturated heterocycles. The summed E-state index contributed by atoms with van der Waals surface area (Å²) < 4.78 is 18.7. The SMILES string of the molecule is CCCCCC=CCCCOCC(COCCCCOC1CCC2(C)C(=CCC3C2CCC2(C)C(C(C)CCCC(C)C)CCC32)C1)N(C)C. The minimum absolute atomic E-state index is 0.312. The van der Waals surface area contributed by atoms with Crippen LogP contribution in [0.25, 0.3) is 0 Å². The highest BCUT2D eigenvalue weighted by Gasteiger charge is 2.59. The second-order valence-electron chi connectivity index (χ2n) is 18.6. The first kappa shape index (κ1) is 42.1. The molecule has 0 aliphatic heterocycles. The van der Waals surface area contributed by atoms with Crippen molar-refractivity contribution in [2.75, 3.05) is 47.1 Å². The molecule has 0 radical (unpaired) electrons. The third-order valence-corrected chi connectivity index (χ3v) is 14.4. The van der Waals surface area contributed by atoms with Crippen LogP contribution in [-0.4, -0.2) is 64.2 Å². The van der Waals surface area contributed by atoms with Crippen LogP contribution in [0.2, 0.25) is 0 Å². The minimum Gasteiger partial charge on any atom is -0.380 e. The lowest BCUT2D eigenvalue weighted by Gasteiger charge is -2.58. The Labute approximate surface area is 311 Å². The Hall–Kier alpha value is -0.680. The van der Waals surface area contributed by atoms with Crippen LogP contribution < -0.4 is 0 Å². The van der Waals surface area contributed by atoms with E-state index in [-0.39, 0.29) is 0 Å². The summed E-state index contributed by atoms with van der Waals surface area (Å²) in [5.41, 5.74) is 2.75. The van der Waals surface area contributed by atoms with E-state index in [1.807, 2.05) is 0 Å². The van der Waals surface area contributed by atoms with E-state index in [0.717, 1.165) is 94.2 Å². The molecule has 0 aromatic carbocycles. The fourth-order valence-corrected chi connectivity index (χ4v) is 11.2. The van der Waals surface area contributed by atoms with E-state index in [2.05, 4.69) is 78.8 Å². The summed E-state index contributed by atoms with van der Waals surface area (Å²) in [5, 5.41) is 0. The lowest BCUT2D eigenvalue weighted by atomic mass is 9.47. The molecule has 290 valence electrons. The van der Waals surface area contributed by atoms with Gasteiger partial charge in [-0.1, -0.05) is 97.4 Å². The molecule has 0 heterocycles. The highest BCUT2D eigenvalue weighted by molar-refractivity contribution is 5.25. The van der Waals surface area contributed by atoms with Crippen molar-refractivity contribution < 1.29 is 14.2 Å². The van der Waals surface area contributed by atoms with Gasteiger partial charge in [-0.15, -0.1) is 0 Å². The molecule has 9 atom stereocenters. The summed E-state index contributed by atoms with van der Waals surface area (Å²) in [6.07, 6.45) is 32.6. The summed E-state index contributed by atoms with van der Waals surface area (Å²) in [4.78, 5) is 2.24. The van der Waals surface area contributed by atoms with Crippen molar-refractivity contribution in [3.05, 3.63) is 23.8 Å². The molecule has 3 saturated carbocycles. The molecule has 3 fully saturated rings. The van der Waals surface area contributed by atoms with Gasteiger partial charge in [-0.25, -0.2) is 0 Å². The van der Waals surface area contributed by atoms with E-state index < -0.39 is 0 Å². The van der Waals surface area contributed by atoms with Gasteiger partial charge in [0.1, 0.15) is 0 Å². The smallest absolute Gasteiger partial charge is 0.0644 e. The number of rotatable bonds is 24. The van der Waals surface area contributed by atoms with Gasteiger partial charge in [0.05, 0.1) is 25.4 Å². The van der Waals surface area contributed by atoms with E-state index in [1.165, 1.54) is 96.3 Å². The van der Waals surface area contributed by atoms with Gasteiger partial charge in [-0.2, -0.15) is 0 Å². The summed E-state index contributed by atoms with van der Waals surface area (Å²) in [5.74, 6) is 5.45. The zero-order valence-corrected chi connectivity index (χ0v) is 34.5. The molecule has 0 aromatic rings. The van der Waals surface area contributed by atoms with E-state index in [1.54, 1.807) is 5.57 Å². The van der Waals surface area contributed by atoms with Crippen LogP contribution in [-0.2, 0) is 14.2 Å². The molecule has 50 heavy (non-hydrogen) atoms. The van der Waals surface area contributed by atoms with Crippen LogP contribution in [0.15, 0.2) is 23.8 Å². The first-order chi connectivity index (χ1) is 24.1. The number of fused-ring (bicyclic) bond motifs is 5. The monoisotopic (exact) mass is 698 g/mol. The van der Waals surface area contributed by atoms with Crippen molar-refractivity contribution in [3.8, 4) is 0 Å². The maximum Gasteiger partial charge on any atom is 0.0644 e. The number of hydrogen-bond acceptors (Lipinski definition) is 4. The lowest BCUT2D eigenvalue weighted by Crippen LogP contribution is -2.51. The Balaban J connectivity index is 1.10. The molecule has 4 aliphatic carbocycles. The average molecular weight is 698 g/mol. The summed E-state index contributed by atoms with van der Waals surface area (Å²) in [7, 11) is 4.27. The molecule has 4 nitrogen and oxygen atoms in total. The number of likely N-dealkylation sites (N-methyl/N-ethyl adjacent to an activating group) is 1. The van der Waals surface area contributed by atoms with Crippen molar-refractivity contribution in [3.63, 3.8) is 0 Å². The number of unbranched alkanes of at least 4 members (excludes halogenated alkanes) is 5. The highest BCUT2D eigenvalue weighted by Crippen LogP contribution is 2.67. The predicted molar refractivity (Wildman–Crippen MR) is 214 cm³/mol. The second-order valence-corrected chi connectivity index (χ2v) is 18.6. The number of allylic oxidation sites excluding steroid dienone is 3. The Bertz CT molecular complexity index is 1010. The van der Waals surface area contributed by atoms with Crippen molar-refractivity contribution in [2.24, 2.45) is 46.3 Å². The maximum atomic E-state index is 6.54. The average Bonchev–Trinajstić information content (AvgIpc) is 3.44. The molecule has 0 spiro atoms. The zero-order chi connectivity index (χ0) is 36.0. The molecule has 0 amide bonds. The van der Waals surface area contributed by atoms with Gasteiger partial charge >= 0.3 is 0 Å². The quantitative estimate of drug-likeness (QED) is 0.0742. The fourth-order valence-electron chi connectivity index (χ4n) is 11.2. The largest absolute Gasteiger partial charge is 0.380 e. The molecule has 0 N–H and O–H groups in total. The molecule has 4 heteroatoms. The Morgan fingerprint density at radius 3 is 2.24 bits per heavy atom. The van der Waals surface area contributed by atoms with Crippen LogP contribution in [0, 0.1) is 46.3 Å². The second kappa shape index (κ2) is 21.3. The van der Waals surface area contributed by atoms with Crippen LogP contribution in [0.4, 0.5) is 0 Å². The molecule has 0 bridgehead atoms. The minimum atomic E-state index is 0.312. The Morgan fingerprint density at radius 1 is 0.800 bits per heavy atom. The van der Waals surface area contributed by atoms with E-state index in [9.17, 15) is 0 Å². The fraction of sp³-hybridized carbons (Fsp3) is 0.913. The summed E-state index contributed by atoms with van der Waals surface area (Å²) >= 11 is 0. The zero-order valence-electron chi connectivity index (χ0n) is 34.5. The summed E-state index contributed by atoms with van der Waals surface area (Å²) in [6.45, 7) is 19.0. The maximum absolute atomic E-state index is 6.54. The molecule has 9 unspecified atom stereocenters. The summed E-state index contributed by atoms with van der Waals surface area (Å²) in [6, 6.07) is 0.312. The third kappa shape index (κ3) is 11.7. The van der Waals surface area contributed by atoms with Gasteiger partial charge in [-0.05, 0) is 150 Å². The topological polar surface area (TPSA) is 30.9 Å². The van der Waals surface area contributed by atoms with Gasteiger partial charge in [0.15, 0.2) is 0 Å². The van der Waals surface area contributed by atoms with Gasteiger partial charge in [-0.3, -0.25) is 0 Å². The Kier molecular flexibility index (Phi) is 17.9. The van der Waals surface area contributed by atoms with Gasteiger partial charge in [0.25, 0.3) is 0 Å². The first-order valence-corrected chi connectivity index (χ1v) is 21.9. The van der Waals surface area contributed by atoms with E-state index in [4.69, 9.17) is 14.2 Å². The molecule has 0 aromatic heterocycles. The van der Waals surface area contributed by atoms with Crippen LogP contribution in [0.3, 0.4) is 0 Å².